The van der Waals surface area contributed by atoms with Crippen molar-refractivity contribution in [3.05, 3.63) is 20.8 Å². The van der Waals surface area contributed by atoms with Crippen LogP contribution in [0.4, 0.5) is 0 Å². The van der Waals surface area contributed by atoms with Gasteiger partial charge in [-0.05, 0) is 48.8 Å². The van der Waals surface area contributed by atoms with Gasteiger partial charge in [0, 0.05) is 36.6 Å². The zero-order valence-corrected chi connectivity index (χ0v) is 16.6. The van der Waals surface area contributed by atoms with E-state index in [1.54, 1.807) is 11.3 Å². The molecule has 1 aliphatic heterocycles. The maximum absolute atomic E-state index is 5.45. The van der Waals surface area contributed by atoms with Crippen LogP contribution in [0.2, 0.25) is 0 Å². The average Bonchev–Trinajstić information content (AvgIpc) is 2.96. The average molecular weight is 403 g/mol. The van der Waals surface area contributed by atoms with Gasteiger partial charge in [-0.3, -0.25) is 4.90 Å². The third-order valence-corrected chi connectivity index (χ3v) is 5.53. The molecule has 0 radical (unpaired) electrons. The number of morpholine rings is 1. The van der Waals surface area contributed by atoms with Gasteiger partial charge in [-0.2, -0.15) is 0 Å². The molecule has 23 heavy (non-hydrogen) atoms. The topological polar surface area (TPSA) is 48.9 Å². The number of rotatable bonds is 6. The van der Waals surface area contributed by atoms with E-state index in [2.05, 4.69) is 69.4 Å². The molecule has 0 spiro atoms. The molecule has 1 aliphatic rings. The Morgan fingerprint density at radius 3 is 2.70 bits per heavy atom. The minimum atomic E-state index is 0.0753. The monoisotopic (exact) mass is 402 g/mol. The molecule has 0 unspecified atom stereocenters. The molecule has 0 aromatic carbocycles. The molecule has 1 aromatic heterocycles. The van der Waals surface area contributed by atoms with Crippen molar-refractivity contribution in [2.45, 2.75) is 32.9 Å². The van der Waals surface area contributed by atoms with Crippen LogP contribution in [0.1, 0.15) is 25.6 Å². The first-order valence-electron chi connectivity index (χ1n) is 8.10. The van der Waals surface area contributed by atoms with Crippen molar-refractivity contribution in [2.75, 3.05) is 39.4 Å². The third kappa shape index (κ3) is 6.06. The predicted molar refractivity (Wildman–Crippen MR) is 101 cm³/mol. The van der Waals surface area contributed by atoms with Crippen LogP contribution in [-0.4, -0.2) is 55.8 Å². The van der Waals surface area contributed by atoms with Crippen LogP contribution in [0.5, 0.6) is 0 Å². The first-order valence-corrected chi connectivity index (χ1v) is 9.71. The lowest BCUT2D eigenvalue weighted by Crippen LogP contribution is -2.56. The van der Waals surface area contributed by atoms with E-state index in [0.717, 1.165) is 49.1 Å². The van der Waals surface area contributed by atoms with Crippen LogP contribution in [0.3, 0.4) is 0 Å². The van der Waals surface area contributed by atoms with Gasteiger partial charge in [0.2, 0.25) is 0 Å². The Morgan fingerprint density at radius 2 is 2.09 bits per heavy atom. The Hall–Kier alpha value is -0.630. The van der Waals surface area contributed by atoms with E-state index in [9.17, 15) is 0 Å². The molecule has 2 rings (SSSR count). The number of nitrogens with one attached hydrogen (secondary N) is 2. The number of thiophene rings is 1. The highest BCUT2D eigenvalue weighted by atomic mass is 79.9. The highest BCUT2D eigenvalue weighted by Gasteiger charge is 2.28. The van der Waals surface area contributed by atoms with Gasteiger partial charge in [-0.25, -0.2) is 4.99 Å². The van der Waals surface area contributed by atoms with Crippen LogP contribution in [0, 0.1) is 0 Å². The summed E-state index contributed by atoms with van der Waals surface area (Å²) in [6.45, 7) is 12.7. The van der Waals surface area contributed by atoms with Crippen molar-refractivity contribution < 1.29 is 4.74 Å². The van der Waals surface area contributed by atoms with E-state index in [0.29, 0.717) is 6.54 Å². The Morgan fingerprint density at radius 1 is 1.35 bits per heavy atom. The van der Waals surface area contributed by atoms with Crippen molar-refractivity contribution in [3.63, 3.8) is 0 Å². The molecule has 0 bridgehead atoms. The Bertz CT molecular complexity index is 512. The minimum Gasteiger partial charge on any atom is -0.379 e. The van der Waals surface area contributed by atoms with Gasteiger partial charge < -0.3 is 15.4 Å². The number of aliphatic imine (C=N–C) groups is 1. The number of hydrogen-bond acceptors (Lipinski definition) is 4. The minimum absolute atomic E-state index is 0.0753. The molecule has 2 heterocycles. The van der Waals surface area contributed by atoms with Crippen molar-refractivity contribution in [2.24, 2.45) is 4.99 Å². The Labute approximate surface area is 151 Å². The van der Waals surface area contributed by atoms with Gasteiger partial charge >= 0.3 is 0 Å². The van der Waals surface area contributed by atoms with Crippen LogP contribution in [0.25, 0.3) is 0 Å². The standard InChI is InChI=1S/C16H27BrN4OS/c1-4-18-15(19-11-13-5-6-14(17)23-13)20-12-16(2,3)21-7-9-22-10-8-21/h5-6H,4,7-12H2,1-3H3,(H2,18,19,20). The summed E-state index contributed by atoms with van der Waals surface area (Å²) < 4.78 is 6.60. The van der Waals surface area contributed by atoms with E-state index in [1.807, 2.05) is 0 Å². The second-order valence-electron chi connectivity index (χ2n) is 6.17. The van der Waals surface area contributed by atoms with E-state index in [-0.39, 0.29) is 5.54 Å². The zero-order chi connectivity index (χ0) is 16.7. The van der Waals surface area contributed by atoms with Crippen molar-refractivity contribution in [1.82, 2.24) is 15.5 Å². The molecule has 0 atom stereocenters. The molecule has 0 aliphatic carbocycles. The fraction of sp³-hybridized carbons (Fsp3) is 0.688. The zero-order valence-electron chi connectivity index (χ0n) is 14.2. The maximum Gasteiger partial charge on any atom is 0.191 e. The van der Waals surface area contributed by atoms with E-state index in [1.165, 1.54) is 4.88 Å². The lowest BCUT2D eigenvalue weighted by atomic mass is 10.0. The molecule has 0 saturated carbocycles. The molecule has 7 heteroatoms. The second-order valence-corrected chi connectivity index (χ2v) is 8.71. The first-order chi connectivity index (χ1) is 11.0. The lowest BCUT2D eigenvalue weighted by Gasteiger charge is -2.41. The number of hydrogen-bond donors (Lipinski definition) is 2. The van der Waals surface area contributed by atoms with Crippen molar-refractivity contribution in [1.29, 1.82) is 0 Å². The van der Waals surface area contributed by atoms with Gasteiger partial charge in [-0.15, -0.1) is 11.3 Å². The van der Waals surface area contributed by atoms with E-state index >= 15 is 0 Å². The molecular weight excluding hydrogens is 376 g/mol. The smallest absolute Gasteiger partial charge is 0.191 e. The number of nitrogens with zero attached hydrogens (tertiary/aromatic N) is 2. The summed E-state index contributed by atoms with van der Waals surface area (Å²) in [5.41, 5.74) is 0.0753. The Kier molecular flexibility index (Phi) is 7.33. The number of ether oxygens (including phenoxy) is 1. The van der Waals surface area contributed by atoms with Gasteiger partial charge in [0.05, 0.1) is 23.5 Å². The van der Waals surface area contributed by atoms with Crippen molar-refractivity contribution >= 4 is 33.2 Å². The summed E-state index contributed by atoms with van der Waals surface area (Å²) in [4.78, 5) is 8.41. The van der Waals surface area contributed by atoms with Crippen LogP contribution < -0.4 is 10.6 Å². The van der Waals surface area contributed by atoms with Gasteiger partial charge in [-0.1, -0.05) is 0 Å². The predicted octanol–water partition coefficient (Wildman–Crippen LogP) is 2.68. The number of guanidine groups is 1. The summed E-state index contributed by atoms with van der Waals surface area (Å²) in [5, 5.41) is 6.81. The molecular formula is C16H27BrN4OS. The number of halogens is 1. The third-order valence-electron chi connectivity index (χ3n) is 3.92. The Balaban J connectivity index is 1.90. The summed E-state index contributed by atoms with van der Waals surface area (Å²) in [6.07, 6.45) is 0. The van der Waals surface area contributed by atoms with Gasteiger partial charge in [0.15, 0.2) is 5.96 Å². The van der Waals surface area contributed by atoms with E-state index in [4.69, 9.17) is 4.74 Å². The van der Waals surface area contributed by atoms with Gasteiger partial charge in [0.25, 0.3) is 0 Å². The molecule has 5 nitrogen and oxygen atoms in total. The highest BCUT2D eigenvalue weighted by Crippen LogP contribution is 2.22. The van der Waals surface area contributed by atoms with Crippen LogP contribution in [0.15, 0.2) is 20.9 Å². The van der Waals surface area contributed by atoms with Crippen LogP contribution in [-0.2, 0) is 11.3 Å². The fourth-order valence-corrected chi connectivity index (χ4v) is 3.92. The van der Waals surface area contributed by atoms with Crippen molar-refractivity contribution in [3.8, 4) is 0 Å². The second kappa shape index (κ2) is 9.01. The van der Waals surface area contributed by atoms with Crippen LogP contribution >= 0.6 is 27.3 Å². The molecule has 1 fully saturated rings. The highest BCUT2D eigenvalue weighted by molar-refractivity contribution is 9.11. The summed E-state index contributed by atoms with van der Waals surface area (Å²) in [7, 11) is 0. The molecule has 1 saturated heterocycles. The normalized spacial score (nSPS) is 17.3. The lowest BCUT2D eigenvalue weighted by molar-refractivity contribution is -0.00834. The maximum atomic E-state index is 5.45. The summed E-state index contributed by atoms with van der Waals surface area (Å²) in [5.74, 6) is 0.873. The van der Waals surface area contributed by atoms with E-state index < -0.39 is 0 Å². The molecule has 1 aromatic rings. The van der Waals surface area contributed by atoms with Gasteiger partial charge in [0.1, 0.15) is 0 Å². The quantitative estimate of drug-likeness (QED) is 0.567. The SMILES string of the molecule is CCNC(=NCc1ccc(Br)s1)NCC(C)(C)N1CCOCC1. The molecule has 2 N–H and O–H groups in total. The fourth-order valence-electron chi connectivity index (χ4n) is 2.52. The summed E-state index contributed by atoms with van der Waals surface area (Å²) >= 11 is 5.22. The largest absolute Gasteiger partial charge is 0.379 e. The summed E-state index contributed by atoms with van der Waals surface area (Å²) in [6, 6.07) is 4.18. The molecule has 130 valence electrons. The first kappa shape index (κ1) is 18.7. The molecule has 0 amide bonds.